The Morgan fingerprint density at radius 1 is 1.57 bits per heavy atom. The minimum atomic E-state index is 0. The van der Waals surface area contributed by atoms with Crippen LogP contribution in [0, 0.1) is 7.05 Å². The van der Waals surface area contributed by atoms with Crippen molar-refractivity contribution in [3.05, 3.63) is 7.05 Å². The maximum Gasteiger partial charge on any atom is 0 e. The molecule has 0 atom stereocenters. The van der Waals surface area contributed by atoms with Crippen LogP contribution in [-0.2, 0) is 21.1 Å². The monoisotopic (exact) mass is 270 g/mol. The largest absolute Gasteiger partial charge is 0.462 e. The summed E-state index contributed by atoms with van der Waals surface area (Å²) in [6, 6.07) is 0. The van der Waals surface area contributed by atoms with Gasteiger partial charge >= 0.3 is 0 Å². The molecule has 7 heavy (non-hydrogen) atoms. The van der Waals surface area contributed by atoms with Gasteiger partial charge in [-0.3, -0.25) is 7.05 Å². The molecule has 0 saturated heterocycles. The van der Waals surface area contributed by atoms with Gasteiger partial charge in [0.05, 0.1) is 0 Å². The van der Waals surface area contributed by atoms with E-state index in [2.05, 4.69) is 14.0 Å². The number of rotatable bonds is 2. The summed E-state index contributed by atoms with van der Waals surface area (Å²) in [6.07, 6.45) is 1.19. The van der Waals surface area contributed by atoms with E-state index in [0.717, 1.165) is 6.54 Å². The standard InChI is InChI=1S/C5H12N.W/c1-4-5-6(2)3;/h2,4-5H2,1,3H3;/q-1;. The Bertz CT molecular complexity index is 29.3. The molecule has 2 heteroatoms. The van der Waals surface area contributed by atoms with Crippen molar-refractivity contribution in [2.75, 3.05) is 13.6 Å². The van der Waals surface area contributed by atoms with Gasteiger partial charge < -0.3 is 4.90 Å². The van der Waals surface area contributed by atoms with Crippen molar-refractivity contribution < 1.29 is 21.1 Å². The summed E-state index contributed by atoms with van der Waals surface area (Å²) in [7, 11) is 5.64. The minimum Gasteiger partial charge on any atom is -0.462 e. The van der Waals surface area contributed by atoms with Crippen molar-refractivity contribution in [1.82, 2.24) is 4.90 Å². The molecule has 44 valence electrons. The first-order valence-corrected chi connectivity index (χ1v) is 2.29. The molecule has 0 aliphatic carbocycles. The average molecular weight is 270 g/mol. The van der Waals surface area contributed by atoms with Gasteiger partial charge in [0, 0.05) is 21.1 Å². The van der Waals surface area contributed by atoms with Crippen LogP contribution in [0.2, 0.25) is 0 Å². The van der Waals surface area contributed by atoms with Gasteiger partial charge in [-0.05, 0) is 20.0 Å². The van der Waals surface area contributed by atoms with Crippen molar-refractivity contribution >= 4 is 0 Å². The van der Waals surface area contributed by atoms with Gasteiger partial charge in [0.2, 0.25) is 0 Å². The fourth-order valence-electron chi connectivity index (χ4n) is 0.382. The fourth-order valence-corrected chi connectivity index (χ4v) is 0.382. The summed E-state index contributed by atoms with van der Waals surface area (Å²) in [4.78, 5) is 1.93. The van der Waals surface area contributed by atoms with Crippen LogP contribution < -0.4 is 0 Å². The quantitative estimate of drug-likeness (QED) is 0.679. The van der Waals surface area contributed by atoms with Crippen LogP contribution in [0.3, 0.4) is 0 Å². The molecule has 0 unspecified atom stereocenters. The third kappa shape index (κ3) is 10.8. The second-order valence-corrected chi connectivity index (χ2v) is 1.58. The van der Waals surface area contributed by atoms with Crippen LogP contribution in [0.15, 0.2) is 0 Å². The van der Waals surface area contributed by atoms with Crippen molar-refractivity contribution in [3.63, 3.8) is 0 Å². The van der Waals surface area contributed by atoms with Gasteiger partial charge in [-0.2, -0.15) is 0 Å². The molecule has 0 rings (SSSR count). The molecular formula is C5H12NW-. The van der Waals surface area contributed by atoms with Crippen LogP contribution in [0.25, 0.3) is 0 Å². The summed E-state index contributed by atoms with van der Waals surface area (Å²) in [6.45, 7) is 3.24. The molecule has 0 aliphatic heterocycles. The van der Waals surface area contributed by atoms with Gasteiger partial charge in [-0.25, -0.2) is 0 Å². The van der Waals surface area contributed by atoms with Crippen molar-refractivity contribution in [2.45, 2.75) is 13.3 Å². The Balaban J connectivity index is 0. The van der Waals surface area contributed by atoms with Crippen LogP contribution in [-0.4, -0.2) is 18.5 Å². The maximum absolute atomic E-state index is 3.66. The van der Waals surface area contributed by atoms with Crippen LogP contribution in [0.5, 0.6) is 0 Å². The van der Waals surface area contributed by atoms with E-state index in [1.807, 2.05) is 11.9 Å². The van der Waals surface area contributed by atoms with Crippen molar-refractivity contribution in [2.24, 2.45) is 0 Å². The molecule has 0 aromatic heterocycles. The zero-order valence-electron chi connectivity index (χ0n) is 4.98. The SMILES string of the molecule is [CH2-]N(C)CCC.[W]. The Labute approximate surface area is 60.3 Å². The molecule has 0 aromatic carbocycles. The van der Waals surface area contributed by atoms with Crippen molar-refractivity contribution in [3.8, 4) is 0 Å². The Kier molecular flexibility index (Phi) is 10.1. The molecule has 1 nitrogen and oxygen atoms in total. The predicted octanol–water partition coefficient (Wildman–Crippen LogP) is 1.12. The zero-order valence-corrected chi connectivity index (χ0v) is 7.91. The molecule has 0 amide bonds. The summed E-state index contributed by atoms with van der Waals surface area (Å²) in [5.74, 6) is 0. The predicted molar refractivity (Wildman–Crippen MR) is 28.3 cm³/mol. The summed E-state index contributed by atoms with van der Waals surface area (Å²) >= 11 is 0. The minimum absolute atomic E-state index is 0. The van der Waals surface area contributed by atoms with E-state index < -0.39 is 0 Å². The average Bonchev–Trinajstić information content (AvgIpc) is 1.35. The zero-order chi connectivity index (χ0) is 4.99. The molecular weight excluding hydrogens is 258 g/mol. The topological polar surface area (TPSA) is 3.24 Å². The van der Waals surface area contributed by atoms with Crippen LogP contribution in [0.4, 0.5) is 0 Å². The van der Waals surface area contributed by atoms with E-state index in [1.165, 1.54) is 6.42 Å². The Morgan fingerprint density at radius 3 is 2.00 bits per heavy atom. The number of hydrogen-bond donors (Lipinski definition) is 0. The molecule has 0 aromatic rings. The third-order valence-corrected chi connectivity index (χ3v) is 0.605. The molecule has 0 aliphatic rings. The molecule has 0 radical (unpaired) electrons. The second-order valence-electron chi connectivity index (χ2n) is 1.58. The van der Waals surface area contributed by atoms with Crippen LogP contribution in [0.1, 0.15) is 13.3 Å². The first kappa shape index (κ1) is 10.6. The summed E-state index contributed by atoms with van der Waals surface area (Å²) in [5, 5.41) is 0. The first-order chi connectivity index (χ1) is 2.77. The summed E-state index contributed by atoms with van der Waals surface area (Å²) < 4.78 is 0. The van der Waals surface area contributed by atoms with E-state index in [0.29, 0.717) is 0 Å². The number of nitrogens with zero attached hydrogens (tertiary/aromatic N) is 1. The Morgan fingerprint density at radius 2 is 2.00 bits per heavy atom. The van der Waals surface area contributed by atoms with Crippen molar-refractivity contribution in [1.29, 1.82) is 0 Å². The molecule has 0 fully saturated rings. The van der Waals surface area contributed by atoms with E-state index in [1.54, 1.807) is 0 Å². The van der Waals surface area contributed by atoms with Gasteiger partial charge in [-0.15, -0.1) is 0 Å². The second kappa shape index (κ2) is 6.65. The van der Waals surface area contributed by atoms with Gasteiger partial charge in [0.15, 0.2) is 0 Å². The Hall–Kier alpha value is 0.648. The third-order valence-electron chi connectivity index (χ3n) is 0.605. The smallest absolute Gasteiger partial charge is 0 e. The molecule has 0 bridgehead atoms. The molecule has 0 heterocycles. The van der Waals surface area contributed by atoms with Crippen LogP contribution >= 0.6 is 0 Å². The fraction of sp³-hybridized carbons (Fsp3) is 0.800. The number of hydrogen-bond acceptors (Lipinski definition) is 1. The normalized spacial score (nSPS) is 8.57. The molecule has 0 spiro atoms. The molecule has 0 N–H and O–H groups in total. The molecule has 0 saturated carbocycles. The van der Waals surface area contributed by atoms with Gasteiger partial charge in [0.25, 0.3) is 0 Å². The van der Waals surface area contributed by atoms with Gasteiger partial charge in [-0.1, -0.05) is 6.92 Å². The first-order valence-electron chi connectivity index (χ1n) is 2.29. The van der Waals surface area contributed by atoms with E-state index >= 15 is 0 Å². The van der Waals surface area contributed by atoms with E-state index in [4.69, 9.17) is 0 Å². The summed E-state index contributed by atoms with van der Waals surface area (Å²) in [5.41, 5.74) is 0. The van der Waals surface area contributed by atoms with E-state index in [9.17, 15) is 0 Å². The van der Waals surface area contributed by atoms with Gasteiger partial charge in [0.1, 0.15) is 0 Å². The maximum atomic E-state index is 3.66. The van der Waals surface area contributed by atoms with E-state index in [-0.39, 0.29) is 21.1 Å².